The first-order valence-corrected chi connectivity index (χ1v) is 9.13. The van der Waals surface area contributed by atoms with Crippen LogP contribution in [0.1, 0.15) is 48.9 Å². The van der Waals surface area contributed by atoms with Gasteiger partial charge in [0.2, 0.25) is 0 Å². The van der Waals surface area contributed by atoms with Gasteiger partial charge in [-0.25, -0.2) is 0 Å². The standard InChI is InChI=1S/C22H24F3NO/c1-4-10-21(3)11-9-17-13-19(15(2)12-20(17)27-21)26-14-16-5-7-18(8-6-16)22(23,24)25/h5-9,11-13,26H,4,10,14H2,1-3H3. The van der Waals surface area contributed by atoms with Crippen molar-refractivity contribution in [2.24, 2.45) is 0 Å². The molecular formula is C22H24F3NO. The van der Waals surface area contributed by atoms with Crippen LogP contribution in [0.25, 0.3) is 6.08 Å². The zero-order chi connectivity index (χ0) is 19.7. The van der Waals surface area contributed by atoms with Gasteiger partial charge in [-0.1, -0.05) is 31.6 Å². The number of hydrogen-bond acceptors (Lipinski definition) is 2. The van der Waals surface area contributed by atoms with Crippen LogP contribution in [0.4, 0.5) is 18.9 Å². The monoisotopic (exact) mass is 375 g/mol. The first kappa shape index (κ1) is 19.3. The van der Waals surface area contributed by atoms with E-state index in [0.717, 1.165) is 53.1 Å². The van der Waals surface area contributed by atoms with Crippen LogP contribution in [0.15, 0.2) is 42.5 Å². The van der Waals surface area contributed by atoms with Gasteiger partial charge in [-0.2, -0.15) is 13.2 Å². The number of alkyl halides is 3. The van der Waals surface area contributed by atoms with E-state index in [-0.39, 0.29) is 5.60 Å². The molecule has 1 aliphatic rings. The molecular weight excluding hydrogens is 351 g/mol. The number of nitrogens with one attached hydrogen (secondary N) is 1. The maximum atomic E-state index is 12.7. The van der Waals surface area contributed by atoms with Gasteiger partial charge in [0.25, 0.3) is 0 Å². The van der Waals surface area contributed by atoms with Gasteiger partial charge in [0.15, 0.2) is 0 Å². The normalized spacial score (nSPS) is 18.7. The molecule has 0 amide bonds. The average Bonchev–Trinajstić information content (AvgIpc) is 2.59. The first-order valence-electron chi connectivity index (χ1n) is 9.13. The van der Waals surface area contributed by atoms with Crippen LogP contribution >= 0.6 is 0 Å². The van der Waals surface area contributed by atoms with Gasteiger partial charge in [-0.3, -0.25) is 0 Å². The molecule has 2 nitrogen and oxygen atoms in total. The van der Waals surface area contributed by atoms with Gasteiger partial charge < -0.3 is 10.1 Å². The van der Waals surface area contributed by atoms with Crippen LogP contribution in [-0.2, 0) is 12.7 Å². The Morgan fingerprint density at radius 3 is 2.44 bits per heavy atom. The van der Waals surface area contributed by atoms with Crippen molar-refractivity contribution in [1.82, 2.24) is 0 Å². The van der Waals surface area contributed by atoms with Gasteiger partial charge in [-0.05, 0) is 61.7 Å². The fourth-order valence-corrected chi connectivity index (χ4v) is 3.30. The summed E-state index contributed by atoms with van der Waals surface area (Å²) in [6, 6.07) is 9.27. The molecule has 5 heteroatoms. The minimum atomic E-state index is -4.31. The van der Waals surface area contributed by atoms with Gasteiger partial charge >= 0.3 is 6.18 Å². The van der Waals surface area contributed by atoms with Gasteiger partial charge in [0.1, 0.15) is 11.4 Å². The molecule has 1 N–H and O–H groups in total. The average molecular weight is 375 g/mol. The van der Waals surface area contributed by atoms with Crippen LogP contribution in [0.2, 0.25) is 0 Å². The Kier molecular flexibility index (Phi) is 5.22. The molecule has 3 rings (SSSR count). The van der Waals surface area contributed by atoms with Crippen molar-refractivity contribution in [3.05, 3.63) is 64.7 Å². The Labute approximate surface area is 158 Å². The number of fused-ring (bicyclic) bond motifs is 1. The summed E-state index contributed by atoms with van der Waals surface area (Å²) < 4.78 is 44.1. The lowest BCUT2D eigenvalue weighted by Gasteiger charge is -2.32. The van der Waals surface area contributed by atoms with E-state index in [0.29, 0.717) is 6.54 Å². The molecule has 1 aliphatic heterocycles. The van der Waals surface area contributed by atoms with Crippen LogP contribution in [0, 0.1) is 6.92 Å². The van der Waals surface area contributed by atoms with Crippen LogP contribution in [-0.4, -0.2) is 5.60 Å². The molecule has 0 saturated heterocycles. The highest BCUT2D eigenvalue weighted by molar-refractivity contribution is 5.68. The molecule has 1 atom stereocenters. The fraction of sp³-hybridized carbons (Fsp3) is 0.364. The summed E-state index contributed by atoms with van der Waals surface area (Å²) in [5.41, 5.74) is 2.87. The summed E-state index contributed by atoms with van der Waals surface area (Å²) in [4.78, 5) is 0. The maximum Gasteiger partial charge on any atom is 0.416 e. The summed E-state index contributed by atoms with van der Waals surface area (Å²) in [6.45, 7) is 6.67. The summed E-state index contributed by atoms with van der Waals surface area (Å²) in [5.74, 6) is 0.867. The Bertz CT molecular complexity index is 840. The molecule has 0 bridgehead atoms. The van der Waals surface area contributed by atoms with Crippen molar-refractivity contribution in [2.75, 3.05) is 5.32 Å². The highest BCUT2D eigenvalue weighted by Crippen LogP contribution is 2.36. The largest absolute Gasteiger partial charge is 0.483 e. The molecule has 0 aromatic heterocycles. The minimum absolute atomic E-state index is 0.274. The predicted molar refractivity (Wildman–Crippen MR) is 103 cm³/mol. The number of ether oxygens (including phenoxy) is 1. The second-order valence-electron chi connectivity index (χ2n) is 7.25. The molecule has 1 heterocycles. The van der Waals surface area contributed by atoms with E-state index >= 15 is 0 Å². The van der Waals surface area contributed by atoms with E-state index < -0.39 is 11.7 Å². The third-order valence-electron chi connectivity index (χ3n) is 4.83. The number of anilines is 1. The molecule has 0 saturated carbocycles. The van der Waals surface area contributed by atoms with Crippen molar-refractivity contribution >= 4 is 11.8 Å². The number of hydrogen-bond donors (Lipinski definition) is 1. The number of aryl methyl sites for hydroxylation is 1. The molecule has 2 aromatic rings. The Balaban J connectivity index is 1.72. The quantitative estimate of drug-likeness (QED) is 0.636. The lowest BCUT2D eigenvalue weighted by Crippen LogP contribution is -2.31. The molecule has 0 radical (unpaired) electrons. The topological polar surface area (TPSA) is 21.3 Å². The van der Waals surface area contributed by atoms with Crippen molar-refractivity contribution in [3.8, 4) is 5.75 Å². The highest BCUT2D eigenvalue weighted by atomic mass is 19.4. The molecule has 0 fully saturated rings. The van der Waals surface area contributed by atoms with Gasteiger partial charge in [-0.15, -0.1) is 0 Å². The number of halogens is 3. The minimum Gasteiger partial charge on any atom is -0.483 e. The summed E-state index contributed by atoms with van der Waals surface area (Å²) in [5, 5.41) is 3.31. The van der Waals surface area contributed by atoms with Crippen molar-refractivity contribution < 1.29 is 17.9 Å². The molecule has 1 unspecified atom stereocenters. The zero-order valence-corrected chi connectivity index (χ0v) is 15.8. The molecule has 27 heavy (non-hydrogen) atoms. The molecule has 2 aromatic carbocycles. The van der Waals surface area contributed by atoms with E-state index in [9.17, 15) is 13.2 Å². The van der Waals surface area contributed by atoms with Crippen LogP contribution < -0.4 is 10.1 Å². The summed E-state index contributed by atoms with van der Waals surface area (Å²) in [6.07, 6.45) is 1.86. The summed E-state index contributed by atoms with van der Waals surface area (Å²) in [7, 11) is 0. The lowest BCUT2D eigenvalue weighted by atomic mass is 9.94. The van der Waals surface area contributed by atoms with Crippen LogP contribution in [0.3, 0.4) is 0 Å². The Morgan fingerprint density at radius 1 is 1.11 bits per heavy atom. The molecule has 0 aliphatic carbocycles. The van der Waals surface area contributed by atoms with E-state index in [1.165, 1.54) is 12.1 Å². The number of benzene rings is 2. The van der Waals surface area contributed by atoms with E-state index in [1.54, 1.807) is 0 Å². The smallest absolute Gasteiger partial charge is 0.416 e. The molecule has 0 spiro atoms. The SMILES string of the molecule is CCCC1(C)C=Cc2cc(NCc3ccc(C(F)(F)F)cc3)c(C)cc2O1. The van der Waals surface area contributed by atoms with Gasteiger partial charge in [0, 0.05) is 17.8 Å². The highest BCUT2D eigenvalue weighted by Gasteiger charge is 2.30. The Hall–Kier alpha value is -2.43. The maximum absolute atomic E-state index is 12.7. The van der Waals surface area contributed by atoms with Gasteiger partial charge in [0.05, 0.1) is 5.56 Å². The van der Waals surface area contributed by atoms with E-state index in [1.807, 2.05) is 19.1 Å². The predicted octanol–water partition coefficient (Wildman–Crippen LogP) is 6.59. The van der Waals surface area contributed by atoms with Crippen molar-refractivity contribution in [2.45, 2.75) is 51.9 Å². The second-order valence-corrected chi connectivity index (χ2v) is 7.25. The van der Waals surface area contributed by atoms with E-state index in [2.05, 4.69) is 31.3 Å². The zero-order valence-electron chi connectivity index (χ0n) is 15.8. The number of rotatable bonds is 5. The first-order chi connectivity index (χ1) is 12.7. The Morgan fingerprint density at radius 2 is 1.81 bits per heavy atom. The fourth-order valence-electron chi connectivity index (χ4n) is 3.30. The van der Waals surface area contributed by atoms with Crippen LogP contribution in [0.5, 0.6) is 5.75 Å². The third-order valence-corrected chi connectivity index (χ3v) is 4.83. The van der Waals surface area contributed by atoms with E-state index in [4.69, 9.17) is 4.74 Å². The second kappa shape index (κ2) is 7.29. The van der Waals surface area contributed by atoms with Crippen molar-refractivity contribution in [3.63, 3.8) is 0 Å². The lowest BCUT2D eigenvalue weighted by molar-refractivity contribution is -0.137. The molecule has 144 valence electrons. The summed E-state index contributed by atoms with van der Waals surface area (Å²) >= 11 is 0. The van der Waals surface area contributed by atoms with Crippen molar-refractivity contribution in [1.29, 1.82) is 0 Å². The third kappa shape index (κ3) is 4.46.